The number of carbonyl (C=O) groups excluding carboxylic acids is 1. The van der Waals surface area contributed by atoms with Crippen molar-refractivity contribution in [2.24, 2.45) is 0 Å². The molecule has 1 aromatic rings. The molecule has 0 radical (unpaired) electrons. The third-order valence-electron chi connectivity index (χ3n) is 2.60. The van der Waals surface area contributed by atoms with Crippen LogP contribution in [0.2, 0.25) is 0 Å². The third-order valence-corrected chi connectivity index (χ3v) is 2.60. The van der Waals surface area contributed by atoms with Gasteiger partial charge in [0.2, 0.25) is 0 Å². The minimum absolute atomic E-state index is 0.0885. The number of hydrogen-bond acceptors (Lipinski definition) is 1. The van der Waals surface area contributed by atoms with Gasteiger partial charge in [0.25, 0.3) is 0 Å². The highest BCUT2D eigenvalue weighted by molar-refractivity contribution is 5.74. The lowest BCUT2D eigenvalue weighted by molar-refractivity contribution is 0.202. The van der Waals surface area contributed by atoms with Gasteiger partial charge in [0, 0.05) is 25.2 Å². The number of rotatable bonds is 4. The van der Waals surface area contributed by atoms with Crippen molar-refractivity contribution in [1.82, 2.24) is 10.2 Å². The summed E-state index contributed by atoms with van der Waals surface area (Å²) in [5, 5.41) is 2.45. The Morgan fingerprint density at radius 2 is 1.78 bits per heavy atom. The molecule has 1 rings (SSSR count). The van der Waals surface area contributed by atoms with Crippen molar-refractivity contribution in [3.63, 3.8) is 0 Å². The van der Waals surface area contributed by atoms with Gasteiger partial charge in [-0.15, -0.1) is 0 Å². The molecule has 3 nitrogen and oxygen atoms in total. The molecule has 0 bridgehead atoms. The Kier molecular flexibility index (Phi) is 5.00. The Hall–Kier alpha value is -1.72. The van der Waals surface area contributed by atoms with E-state index in [1.165, 1.54) is 4.90 Å². The Bertz CT molecular complexity index is 434. The number of hydrogen-bond donors (Lipinski definition) is 1. The van der Waals surface area contributed by atoms with Crippen LogP contribution in [0.25, 0.3) is 0 Å². The monoisotopic (exact) mass is 260 g/mol. The number of halogens is 3. The Balaban J connectivity index is 2.70. The summed E-state index contributed by atoms with van der Waals surface area (Å²) >= 11 is 0. The van der Waals surface area contributed by atoms with Gasteiger partial charge < -0.3 is 10.2 Å². The van der Waals surface area contributed by atoms with Crippen molar-refractivity contribution < 1.29 is 18.0 Å². The van der Waals surface area contributed by atoms with Gasteiger partial charge in [-0.25, -0.2) is 18.0 Å². The van der Waals surface area contributed by atoms with Crippen LogP contribution in [0.3, 0.4) is 0 Å². The SMILES string of the molecule is CCN(CC)C(=O)NCc1ccc(F)c(F)c1F. The first-order chi connectivity index (χ1) is 8.51. The second kappa shape index (κ2) is 6.28. The van der Waals surface area contributed by atoms with Crippen LogP contribution < -0.4 is 5.32 Å². The molecule has 100 valence electrons. The maximum Gasteiger partial charge on any atom is 0.317 e. The van der Waals surface area contributed by atoms with E-state index in [4.69, 9.17) is 0 Å². The summed E-state index contributed by atoms with van der Waals surface area (Å²) in [6.45, 7) is 4.46. The normalized spacial score (nSPS) is 10.3. The van der Waals surface area contributed by atoms with Gasteiger partial charge in [-0.1, -0.05) is 6.07 Å². The van der Waals surface area contributed by atoms with Crippen LogP contribution in [0, 0.1) is 17.5 Å². The predicted octanol–water partition coefficient (Wildman–Crippen LogP) is 2.66. The fraction of sp³-hybridized carbons (Fsp3) is 0.417. The molecule has 0 saturated carbocycles. The van der Waals surface area contributed by atoms with E-state index >= 15 is 0 Å². The lowest BCUT2D eigenvalue weighted by atomic mass is 10.2. The minimum Gasteiger partial charge on any atom is -0.334 e. The van der Waals surface area contributed by atoms with E-state index in [1.54, 1.807) is 13.8 Å². The topological polar surface area (TPSA) is 32.3 Å². The number of carbonyl (C=O) groups is 1. The van der Waals surface area contributed by atoms with Crippen molar-refractivity contribution in [3.05, 3.63) is 35.1 Å². The van der Waals surface area contributed by atoms with Crippen LogP contribution in [-0.2, 0) is 6.54 Å². The van der Waals surface area contributed by atoms with Crippen molar-refractivity contribution in [2.45, 2.75) is 20.4 Å². The van der Waals surface area contributed by atoms with Crippen LogP contribution in [0.4, 0.5) is 18.0 Å². The van der Waals surface area contributed by atoms with Gasteiger partial charge in [-0.3, -0.25) is 0 Å². The first-order valence-electron chi connectivity index (χ1n) is 5.66. The molecule has 0 fully saturated rings. The van der Waals surface area contributed by atoms with E-state index in [0.717, 1.165) is 12.1 Å². The molecule has 0 atom stereocenters. The van der Waals surface area contributed by atoms with Crippen LogP contribution in [0.5, 0.6) is 0 Å². The van der Waals surface area contributed by atoms with Gasteiger partial charge in [0.1, 0.15) is 0 Å². The number of amides is 2. The summed E-state index contributed by atoms with van der Waals surface area (Å²) < 4.78 is 38.9. The number of benzene rings is 1. The second-order valence-corrected chi connectivity index (χ2v) is 3.67. The highest BCUT2D eigenvalue weighted by atomic mass is 19.2. The summed E-state index contributed by atoms with van der Waals surface area (Å²) in [6, 6.07) is 1.57. The Labute approximate surface area is 104 Å². The second-order valence-electron chi connectivity index (χ2n) is 3.67. The lowest BCUT2D eigenvalue weighted by Crippen LogP contribution is -2.39. The fourth-order valence-electron chi connectivity index (χ4n) is 1.50. The van der Waals surface area contributed by atoms with E-state index in [-0.39, 0.29) is 18.1 Å². The third kappa shape index (κ3) is 3.15. The average molecular weight is 260 g/mol. The molecular weight excluding hydrogens is 245 g/mol. The summed E-state index contributed by atoms with van der Waals surface area (Å²) in [5.41, 5.74) is -0.0885. The van der Waals surface area contributed by atoms with E-state index in [9.17, 15) is 18.0 Å². The molecule has 18 heavy (non-hydrogen) atoms. The number of nitrogens with zero attached hydrogens (tertiary/aromatic N) is 1. The van der Waals surface area contributed by atoms with Crippen LogP contribution >= 0.6 is 0 Å². The molecular formula is C12H15F3N2O. The quantitative estimate of drug-likeness (QED) is 0.829. The number of urea groups is 1. The lowest BCUT2D eigenvalue weighted by Gasteiger charge is -2.19. The smallest absolute Gasteiger partial charge is 0.317 e. The summed E-state index contributed by atoms with van der Waals surface area (Å²) in [4.78, 5) is 13.1. The van der Waals surface area contributed by atoms with E-state index < -0.39 is 17.5 Å². The van der Waals surface area contributed by atoms with Gasteiger partial charge in [-0.2, -0.15) is 0 Å². The molecule has 1 aromatic carbocycles. The van der Waals surface area contributed by atoms with Crippen molar-refractivity contribution in [1.29, 1.82) is 0 Å². The van der Waals surface area contributed by atoms with Gasteiger partial charge in [-0.05, 0) is 19.9 Å². The van der Waals surface area contributed by atoms with Crippen molar-refractivity contribution >= 4 is 6.03 Å². The Morgan fingerprint density at radius 3 is 2.33 bits per heavy atom. The van der Waals surface area contributed by atoms with Gasteiger partial charge >= 0.3 is 6.03 Å². The molecule has 0 aliphatic rings. The van der Waals surface area contributed by atoms with E-state index in [0.29, 0.717) is 13.1 Å². The molecule has 0 aliphatic carbocycles. The van der Waals surface area contributed by atoms with Crippen LogP contribution in [0.15, 0.2) is 12.1 Å². The Morgan fingerprint density at radius 1 is 1.17 bits per heavy atom. The zero-order chi connectivity index (χ0) is 13.7. The van der Waals surface area contributed by atoms with Crippen LogP contribution in [-0.4, -0.2) is 24.0 Å². The fourth-order valence-corrected chi connectivity index (χ4v) is 1.50. The highest BCUT2D eigenvalue weighted by Gasteiger charge is 2.15. The summed E-state index contributed by atoms with van der Waals surface area (Å²) in [5.74, 6) is -4.04. The maximum absolute atomic E-state index is 13.3. The molecule has 2 amide bonds. The largest absolute Gasteiger partial charge is 0.334 e. The molecule has 0 aromatic heterocycles. The zero-order valence-electron chi connectivity index (χ0n) is 10.3. The predicted molar refractivity (Wildman–Crippen MR) is 61.5 cm³/mol. The van der Waals surface area contributed by atoms with E-state index in [1.807, 2.05) is 0 Å². The van der Waals surface area contributed by atoms with Gasteiger partial charge in [0.15, 0.2) is 17.5 Å². The summed E-state index contributed by atoms with van der Waals surface area (Å²) in [7, 11) is 0. The van der Waals surface area contributed by atoms with Crippen molar-refractivity contribution in [2.75, 3.05) is 13.1 Å². The summed E-state index contributed by atoms with van der Waals surface area (Å²) in [6.07, 6.45) is 0. The molecule has 0 heterocycles. The van der Waals surface area contributed by atoms with Gasteiger partial charge in [0.05, 0.1) is 0 Å². The zero-order valence-corrected chi connectivity index (χ0v) is 10.3. The highest BCUT2D eigenvalue weighted by Crippen LogP contribution is 2.14. The molecule has 0 aliphatic heterocycles. The van der Waals surface area contributed by atoms with Crippen molar-refractivity contribution in [3.8, 4) is 0 Å². The maximum atomic E-state index is 13.3. The molecule has 6 heteroatoms. The average Bonchev–Trinajstić information content (AvgIpc) is 2.36. The molecule has 0 saturated heterocycles. The molecule has 0 unspecified atom stereocenters. The molecule has 0 spiro atoms. The molecule has 1 N–H and O–H groups in total. The first-order valence-corrected chi connectivity index (χ1v) is 5.66. The first kappa shape index (κ1) is 14.3. The number of nitrogens with one attached hydrogen (secondary N) is 1. The minimum atomic E-state index is -1.52. The van der Waals surface area contributed by atoms with E-state index in [2.05, 4.69) is 5.32 Å². The standard InChI is InChI=1S/C12H15F3N2O/c1-3-17(4-2)12(18)16-7-8-5-6-9(13)11(15)10(8)14/h5-6H,3-4,7H2,1-2H3,(H,16,18). The van der Waals surface area contributed by atoms with Crippen LogP contribution in [0.1, 0.15) is 19.4 Å².